The zero-order valence-electron chi connectivity index (χ0n) is 23.6. The molecule has 2 aromatic carbocycles. The Morgan fingerprint density at radius 2 is 1.76 bits per heavy atom. The summed E-state index contributed by atoms with van der Waals surface area (Å²) in [7, 11) is 0. The number of ether oxygens (including phenoxy) is 2. The van der Waals surface area contributed by atoms with Crippen LogP contribution in [0.5, 0.6) is 17.2 Å². The van der Waals surface area contributed by atoms with Crippen LogP contribution in [0.1, 0.15) is 43.0 Å². The van der Waals surface area contributed by atoms with Crippen molar-refractivity contribution in [2.45, 2.75) is 32.6 Å². The summed E-state index contributed by atoms with van der Waals surface area (Å²) in [5.74, 6) is 6.53. The number of benzene rings is 2. The Labute approximate surface area is 245 Å². The minimum Gasteiger partial charge on any atom is -0.491 e. The van der Waals surface area contributed by atoms with E-state index in [4.69, 9.17) is 9.47 Å². The number of hydrogen-bond acceptors (Lipinski definition) is 7. The Bertz CT molecular complexity index is 1590. The van der Waals surface area contributed by atoms with Crippen LogP contribution in [-0.2, 0) is 4.79 Å². The zero-order chi connectivity index (χ0) is 29.1. The van der Waals surface area contributed by atoms with Gasteiger partial charge in [-0.25, -0.2) is 4.98 Å². The van der Waals surface area contributed by atoms with Crippen LogP contribution in [0.3, 0.4) is 0 Å². The summed E-state index contributed by atoms with van der Waals surface area (Å²) in [6.45, 7) is 5.39. The highest BCUT2D eigenvalue weighted by molar-refractivity contribution is 6.06. The Hall–Kier alpha value is -4.94. The molecule has 0 atom stereocenters. The summed E-state index contributed by atoms with van der Waals surface area (Å²) in [5, 5.41) is 6.30. The van der Waals surface area contributed by atoms with Crippen molar-refractivity contribution in [2.24, 2.45) is 0 Å². The number of anilines is 2. The van der Waals surface area contributed by atoms with E-state index < -0.39 is 5.91 Å². The fourth-order valence-corrected chi connectivity index (χ4v) is 4.80. The van der Waals surface area contributed by atoms with Crippen LogP contribution < -0.4 is 20.1 Å². The largest absolute Gasteiger partial charge is 0.491 e. The van der Waals surface area contributed by atoms with E-state index in [9.17, 15) is 9.59 Å². The number of rotatable bonds is 10. The third-order valence-electron chi connectivity index (χ3n) is 6.87. The van der Waals surface area contributed by atoms with Crippen LogP contribution in [0.25, 0.3) is 10.9 Å². The third kappa shape index (κ3) is 7.62. The van der Waals surface area contributed by atoms with Crippen molar-refractivity contribution in [3.05, 3.63) is 78.6 Å². The molecule has 0 saturated carbocycles. The lowest BCUT2D eigenvalue weighted by Crippen LogP contribution is -2.31. The second-order valence-corrected chi connectivity index (χ2v) is 9.90. The van der Waals surface area contributed by atoms with Gasteiger partial charge in [0.05, 0.1) is 17.8 Å². The van der Waals surface area contributed by atoms with Crippen LogP contribution in [0, 0.1) is 11.8 Å². The van der Waals surface area contributed by atoms with Crippen molar-refractivity contribution in [1.29, 1.82) is 0 Å². The van der Waals surface area contributed by atoms with Gasteiger partial charge in [0.1, 0.15) is 23.1 Å². The molecule has 1 aliphatic rings. The van der Waals surface area contributed by atoms with Crippen molar-refractivity contribution in [3.63, 3.8) is 0 Å². The van der Waals surface area contributed by atoms with Gasteiger partial charge >= 0.3 is 0 Å². The predicted octanol–water partition coefficient (Wildman–Crippen LogP) is 5.89. The number of hydrogen-bond donors (Lipinski definition) is 2. The number of pyridine rings is 2. The van der Waals surface area contributed by atoms with Gasteiger partial charge in [0.2, 0.25) is 0 Å². The molecule has 0 bridgehead atoms. The first-order valence-corrected chi connectivity index (χ1v) is 14.1. The van der Waals surface area contributed by atoms with Gasteiger partial charge in [-0.3, -0.25) is 14.6 Å². The smallest absolute Gasteiger partial charge is 0.300 e. The van der Waals surface area contributed by atoms with Crippen LogP contribution in [0.15, 0.2) is 73.1 Å². The summed E-state index contributed by atoms with van der Waals surface area (Å²) in [6, 6.07) is 17.5. The van der Waals surface area contributed by atoms with Gasteiger partial charge in [0, 0.05) is 36.0 Å². The van der Waals surface area contributed by atoms with Gasteiger partial charge in [-0.15, -0.1) is 0 Å². The summed E-state index contributed by atoms with van der Waals surface area (Å²) in [5.41, 5.74) is 1.62. The molecule has 0 radical (unpaired) electrons. The maximum atomic E-state index is 12.6. The molecule has 42 heavy (non-hydrogen) atoms. The molecule has 0 spiro atoms. The fourth-order valence-electron chi connectivity index (χ4n) is 4.80. The van der Waals surface area contributed by atoms with Gasteiger partial charge < -0.3 is 25.0 Å². The molecule has 2 aromatic heterocycles. The first-order chi connectivity index (χ1) is 20.6. The number of fused-ring (bicyclic) bond motifs is 1. The lowest BCUT2D eigenvalue weighted by Gasteiger charge is -2.26. The van der Waals surface area contributed by atoms with Crippen molar-refractivity contribution in [2.75, 3.05) is 36.9 Å². The average molecular weight is 564 g/mol. The van der Waals surface area contributed by atoms with E-state index in [0.29, 0.717) is 51.8 Å². The summed E-state index contributed by atoms with van der Waals surface area (Å²) in [6.07, 6.45) is 7.97. The van der Waals surface area contributed by atoms with Crippen molar-refractivity contribution in [3.8, 4) is 29.1 Å². The molecular formula is C33H33N5O4. The Morgan fingerprint density at radius 1 is 0.929 bits per heavy atom. The number of aromatic nitrogens is 2. The monoisotopic (exact) mass is 563 g/mol. The highest BCUT2D eigenvalue weighted by Gasteiger charge is 2.15. The maximum Gasteiger partial charge on any atom is 0.300 e. The molecule has 0 aliphatic carbocycles. The first-order valence-electron chi connectivity index (χ1n) is 14.1. The van der Waals surface area contributed by atoms with Crippen molar-refractivity contribution >= 4 is 34.2 Å². The summed E-state index contributed by atoms with van der Waals surface area (Å²) >= 11 is 0. The topological polar surface area (TPSA) is 106 Å². The molecule has 2 amide bonds. The van der Waals surface area contributed by atoms with Crippen molar-refractivity contribution < 1.29 is 19.1 Å². The number of carbonyl (C=O) groups is 2. The molecule has 1 aliphatic heterocycles. The highest BCUT2D eigenvalue weighted by Crippen LogP contribution is 2.36. The van der Waals surface area contributed by atoms with Gasteiger partial charge in [-0.05, 0) is 93.7 Å². The first kappa shape index (κ1) is 28.6. The number of nitrogens with one attached hydrogen (secondary N) is 2. The number of amides is 2. The molecule has 5 rings (SSSR count). The van der Waals surface area contributed by atoms with Crippen LogP contribution >= 0.6 is 0 Å². The number of nitrogens with zero attached hydrogens (tertiary/aromatic N) is 3. The van der Waals surface area contributed by atoms with E-state index in [1.54, 1.807) is 73.9 Å². The number of likely N-dealkylation sites (tertiary alicyclic amines) is 1. The predicted molar refractivity (Wildman–Crippen MR) is 163 cm³/mol. The molecule has 9 nitrogen and oxygen atoms in total. The minimum atomic E-state index is -0.430. The Morgan fingerprint density at radius 3 is 2.52 bits per heavy atom. The summed E-state index contributed by atoms with van der Waals surface area (Å²) < 4.78 is 12.3. The number of carbonyl (C=O) groups excluding carboxylic acids is 2. The zero-order valence-corrected chi connectivity index (χ0v) is 23.6. The van der Waals surface area contributed by atoms with Crippen molar-refractivity contribution in [1.82, 2.24) is 14.9 Å². The molecular weight excluding hydrogens is 530 g/mol. The highest BCUT2D eigenvalue weighted by atomic mass is 16.5. The second kappa shape index (κ2) is 14.1. The molecule has 1 fully saturated rings. The maximum absolute atomic E-state index is 12.6. The molecule has 3 heterocycles. The second-order valence-electron chi connectivity index (χ2n) is 9.90. The summed E-state index contributed by atoms with van der Waals surface area (Å²) in [4.78, 5) is 36.1. The van der Waals surface area contributed by atoms with E-state index in [2.05, 4.69) is 37.3 Å². The SMILES string of the molecule is CC#CC(=O)Nc1cc2c(Oc3ccc(C(=O)Nc4ccccn4)cc3)ccnc2cc1OCCCN1CCCCC1. The molecule has 4 aromatic rings. The van der Waals surface area contributed by atoms with E-state index in [1.165, 1.54) is 19.3 Å². The Balaban J connectivity index is 1.32. The molecule has 0 unspecified atom stereocenters. The van der Waals surface area contributed by atoms with Crippen LogP contribution in [-0.4, -0.2) is 52.9 Å². The van der Waals surface area contributed by atoms with Gasteiger partial charge in [0.25, 0.3) is 11.8 Å². The fraction of sp³-hybridized carbons (Fsp3) is 0.273. The normalized spacial score (nSPS) is 13.1. The van der Waals surface area contributed by atoms with Gasteiger partial charge in [-0.1, -0.05) is 18.4 Å². The van der Waals surface area contributed by atoms with Crippen LogP contribution in [0.4, 0.5) is 11.5 Å². The number of piperidine rings is 1. The lowest BCUT2D eigenvalue weighted by molar-refractivity contribution is -0.111. The molecule has 9 heteroatoms. The minimum absolute atomic E-state index is 0.270. The molecule has 1 saturated heterocycles. The average Bonchev–Trinajstić information content (AvgIpc) is 3.01. The van der Waals surface area contributed by atoms with E-state index in [0.717, 1.165) is 26.1 Å². The quantitative estimate of drug-likeness (QED) is 0.183. The third-order valence-corrected chi connectivity index (χ3v) is 6.87. The molecule has 214 valence electrons. The van der Waals surface area contributed by atoms with E-state index in [-0.39, 0.29) is 5.91 Å². The van der Waals surface area contributed by atoms with Gasteiger partial charge in [0.15, 0.2) is 0 Å². The lowest BCUT2D eigenvalue weighted by atomic mass is 10.1. The Kier molecular flexibility index (Phi) is 9.60. The van der Waals surface area contributed by atoms with Gasteiger partial charge in [-0.2, -0.15) is 0 Å². The standard InChI is InChI=1S/C33H33N5O4/c1-2-9-32(39)36-28-22-26-27(23-30(28)41-21-8-20-38-18-6-3-7-19-38)34-17-15-29(26)42-25-13-11-24(12-14-25)33(40)37-31-10-4-5-16-35-31/h4-5,10-17,22-23H,3,6-8,18-21H2,1H3,(H,36,39)(H,35,37,40). The van der Waals surface area contributed by atoms with E-state index >= 15 is 0 Å². The van der Waals surface area contributed by atoms with E-state index in [1.807, 2.05) is 6.07 Å². The molecule has 2 N–H and O–H groups in total. The van der Waals surface area contributed by atoms with Crippen LogP contribution in [0.2, 0.25) is 0 Å².